The Kier molecular flexibility index (Phi) is 4.82. The third-order valence-electron chi connectivity index (χ3n) is 4.55. The van der Waals surface area contributed by atoms with Gasteiger partial charge in [-0.3, -0.25) is 0 Å². The van der Waals surface area contributed by atoms with Crippen molar-refractivity contribution < 1.29 is 4.52 Å². The molecule has 4 rings (SSSR count). The van der Waals surface area contributed by atoms with Gasteiger partial charge >= 0.3 is 0 Å². The van der Waals surface area contributed by atoms with Gasteiger partial charge in [0.2, 0.25) is 5.82 Å². The molecule has 8 nitrogen and oxygen atoms in total. The van der Waals surface area contributed by atoms with Crippen molar-refractivity contribution in [3.63, 3.8) is 0 Å². The maximum absolute atomic E-state index is 6.38. The van der Waals surface area contributed by atoms with E-state index in [1.54, 1.807) is 0 Å². The van der Waals surface area contributed by atoms with Gasteiger partial charge < -0.3 is 10.3 Å². The predicted octanol–water partition coefficient (Wildman–Crippen LogP) is 2.48. The molecule has 1 unspecified atom stereocenters. The highest BCUT2D eigenvalue weighted by Crippen LogP contribution is 2.35. The van der Waals surface area contributed by atoms with E-state index < -0.39 is 5.54 Å². The molecule has 1 aliphatic rings. The SMILES string of the molecule is CC(c1nc(C2(N)CCCC2)no1)n1nnc(-c2ccccc2)n1.Cl. The fraction of sp³-hybridized carbons (Fsp3) is 0.438. The van der Waals surface area contributed by atoms with Crippen LogP contribution in [0.5, 0.6) is 0 Å². The zero-order valence-electron chi connectivity index (χ0n) is 13.9. The lowest BCUT2D eigenvalue weighted by atomic mass is 9.99. The van der Waals surface area contributed by atoms with Crippen LogP contribution in [0.25, 0.3) is 11.4 Å². The molecule has 0 aliphatic heterocycles. The molecule has 1 fully saturated rings. The van der Waals surface area contributed by atoms with Crippen LogP contribution in [0.15, 0.2) is 34.9 Å². The van der Waals surface area contributed by atoms with Gasteiger partial charge in [0.1, 0.15) is 6.04 Å². The van der Waals surface area contributed by atoms with Crippen LogP contribution in [0.2, 0.25) is 0 Å². The third-order valence-corrected chi connectivity index (χ3v) is 4.55. The van der Waals surface area contributed by atoms with Crippen molar-refractivity contribution in [3.05, 3.63) is 42.0 Å². The summed E-state index contributed by atoms with van der Waals surface area (Å²) in [6.07, 6.45) is 3.97. The molecule has 3 aromatic rings. The minimum atomic E-state index is -0.466. The summed E-state index contributed by atoms with van der Waals surface area (Å²) in [6.45, 7) is 1.89. The van der Waals surface area contributed by atoms with Crippen molar-refractivity contribution in [2.45, 2.75) is 44.2 Å². The quantitative estimate of drug-likeness (QED) is 0.760. The van der Waals surface area contributed by atoms with Crippen molar-refractivity contribution in [1.29, 1.82) is 0 Å². The highest BCUT2D eigenvalue weighted by molar-refractivity contribution is 5.85. The Morgan fingerprint density at radius 3 is 2.64 bits per heavy atom. The first-order chi connectivity index (χ1) is 11.7. The molecule has 0 spiro atoms. The van der Waals surface area contributed by atoms with Crippen LogP contribution in [0, 0.1) is 0 Å². The number of tetrazole rings is 1. The van der Waals surface area contributed by atoms with E-state index in [1.165, 1.54) is 4.80 Å². The molecule has 2 heterocycles. The molecule has 0 bridgehead atoms. The Bertz CT molecular complexity index is 826. The van der Waals surface area contributed by atoms with E-state index in [-0.39, 0.29) is 18.4 Å². The van der Waals surface area contributed by atoms with Crippen LogP contribution in [0.3, 0.4) is 0 Å². The second-order valence-electron chi connectivity index (χ2n) is 6.29. The highest BCUT2D eigenvalue weighted by atomic mass is 35.5. The number of hydrogen-bond acceptors (Lipinski definition) is 7. The van der Waals surface area contributed by atoms with Crippen molar-refractivity contribution in [1.82, 2.24) is 30.3 Å². The van der Waals surface area contributed by atoms with E-state index in [0.717, 1.165) is 31.2 Å². The number of halogens is 1. The maximum Gasteiger partial charge on any atom is 0.253 e. The summed E-state index contributed by atoms with van der Waals surface area (Å²) in [4.78, 5) is 5.97. The second-order valence-corrected chi connectivity index (χ2v) is 6.29. The summed E-state index contributed by atoms with van der Waals surface area (Å²) in [6, 6.07) is 9.39. The Balaban J connectivity index is 0.00000182. The fourth-order valence-corrected chi connectivity index (χ4v) is 3.03. The summed E-state index contributed by atoms with van der Waals surface area (Å²) in [5.74, 6) is 1.58. The molecule has 2 aromatic heterocycles. The molecule has 9 heteroatoms. The standard InChI is InChI=1S/C16H19N7O.ClH/c1-11(14-18-15(21-24-14)16(17)9-5-6-10-16)23-20-13(19-22-23)12-7-3-2-4-8-12;/h2-4,7-8,11H,5-6,9-10,17H2,1H3;1H. The number of rotatable bonds is 4. The number of aromatic nitrogens is 6. The first-order valence-corrected chi connectivity index (χ1v) is 8.14. The monoisotopic (exact) mass is 361 g/mol. The largest absolute Gasteiger partial charge is 0.337 e. The van der Waals surface area contributed by atoms with Gasteiger partial charge in [0, 0.05) is 5.56 Å². The van der Waals surface area contributed by atoms with Gasteiger partial charge in [0.15, 0.2) is 5.82 Å². The van der Waals surface area contributed by atoms with Gasteiger partial charge in [0.05, 0.1) is 5.54 Å². The van der Waals surface area contributed by atoms with Gasteiger partial charge in [-0.15, -0.1) is 22.6 Å². The fourth-order valence-electron chi connectivity index (χ4n) is 3.03. The molecular formula is C16H20ClN7O. The van der Waals surface area contributed by atoms with Gasteiger partial charge in [-0.25, -0.2) is 0 Å². The molecule has 0 saturated heterocycles. The highest BCUT2D eigenvalue weighted by Gasteiger charge is 2.36. The van der Waals surface area contributed by atoms with Crippen LogP contribution < -0.4 is 5.73 Å². The van der Waals surface area contributed by atoms with Crippen LogP contribution >= 0.6 is 12.4 Å². The summed E-state index contributed by atoms with van der Waals surface area (Å²) in [5.41, 5.74) is 6.82. The molecule has 0 radical (unpaired) electrons. The summed E-state index contributed by atoms with van der Waals surface area (Å²) >= 11 is 0. The predicted molar refractivity (Wildman–Crippen MR) is 92.9 cm³/mol. The normalized spacial score (nSPS) is 17.2. The Morgan fingerprint density at radius 1 is 1.20 bits per heavy atom. The van der Waals surface area contributed by atoms with Crippen molar-refractivity contribution in [2.24, 2.45) is 5.73 Å². The molecule has 1 atom stereocenters. The summed E-state index contributed by atoms with van der Waals surface area (Å²) in [7, 11) is 0. The molecule has 132 valence electrons. The number of nitrogens with zero attached hydrogens (tertiary/aromatic N) is 6. The zero-order chi connectivity index (χ0) is 16.6. The lowest BCUT2D eigenvalue weighted by Crippen LogP contribution is -2.34. The van der Waals surface area contributed by atoms with E-state index in [0.29, 0.717) is 17.5 Å². The second kappa shape index (κ2) is 6.89. The minimum absolute atomic E-state index is 0. The van der Waals surface area contributed by atoms with Crippen LogP contribution in [0.4, 0.5) is 0 Å². The van der Waals surface area contributed by atoms with Crippen molar-refractivity contribution >= 4 is 12.4 Å². The van der Waals surface area contributed by atoms with Crippen LogP contribution in [-0.4, -0.2) is 30.3 Å². The van der Waals surface area contributed by atoms with Crippen LogP contribution in [-0.2, 0) is 5.54 Å². The minimum Gasteiger partial charge on any atom is -0.337 e. The summed E-state index contributed by atoms with van der Waals surface area (Å²) in [5, 5.41) is 16.7. The lowest BCUT2D eigenvalue weighted by molar-refractivity contribution is 0.310. The molecule has 1 aliphatic carbocycles. The average Bonchev–Trinajstić information content (AvgIpc) is 3.35. The lowest BCUT2D eigenvalue weighted by Gasteiger charge is -2.17. The number of benzene rings is 1. The van der Waals surface area contributed by atoms with Crippen LogP contribution in [0.1, 0.15) is 50.4 Å². The first kappa shape index (κ1) is 17.5. The smallest absolute Gasteiger partial charge is 0.253 e. The molecule has 1 aromatic carbocycles. The Labute approximate surface area is 151 Å². The van der Waals surface area contributed by atoms with Gasteiger partial charge in [-0.05, 0) is 25.0 Å². The molecule has 2 N–H and O–H groups in total. The van der Waals surface area contributed by atoms with Gasteiger partial charge in [0.25, 0.3) is 5.89 Å². The summed E-state index contributed by atoms with van der Waals surface area (Å²) < 4.78 is 5.40. The van der Waals surface area contributed by atoms with E-state index >= 15 is 0 Å². The van der Waals surface area contributed by atoms with E-state index in [1.807, 2.05) is 37.3 Å². The van der Waals surface area contributed by atoms with Crippen molar-refractivity contribution in [3.8, 4) is 11.4 Å². The topological polar surface area (TPSA) is 109 Å². The molecular weight excluding hydrogens is 342 g/mol. The molecule has 0 amide bonds. The number of hydrogen-bond donors (Lipinski definition) is 1. The van der Waals surface area contributed by atoms with E-state index in [9.17, 15) is 0 Å². The van der Waals surface area contributed by atoms with Crippen molar-refractivity contribution in [2.75, 3.05) is 0 Å². The Hall–Kier alpha value is -2.32. The third kappa shape index (κ3) is 3.27. The number of nitrogens with two attached hydrogens (primary N) is 1. The molecule has 1 saturated carbocycles. The van der Waals surface area contributed by atoms with Gasteiger partial charge in [-0.1, -0.05) is 48.3 Å². The van der Waals surface area contributed by atoms with Gasteiger partial charge in [-0.2, -0.15) is 9.78 Å². The van der Waals surface area contributed by atoms with E-state index in [2.05, 4.69) is 25.6 Å². The zero-order valence-corrected chi connectivity index (χ0v) is 14.7. The van der Waals surface area contributed by atoms with E-state index in [4.69, 9.17) is 10.3 Å². The first-order valence-electron chi connectivity index (χ1n) is 8.14. The maximum atomic E-state index is 6.38. The average molecular weight is 362 g/mol. The molecule has 25 heavy (non-hydrogen) atoms. The Morgan fingerprint density at radius 2 is 1.92 bits per heavy atom.